The summed E-state index contributed by atoms with van der Waals surface area (Å²) in [5, 5.41) is 4.77. The van der Waals surface area contributed by atoms with Crippen molar-refractivity contribution in [2.45, 2.75) is 18.2 Å². The zero-order chi connectivity index (χ0) is 15.6. The molecule has 0 radical (unpaired) electrons. The number of sulfonamides is 1. The smallest absolute Gasteiger partial charge is 0.237 e. The molecule has 1 N–H and O–H groups in total. The number of rotatable bonds is 5. The Labute approximate surface area is 134 Å². The van der Waals surface area contributed by atoms with Crippen LogP contribution in [-0.2, 0) is 20.5 Å². The van der Waals surface area contributed by atoms with Gasteiger partial charge in [0, 0.05) is 17.8 Å². The fourth-order valence-corrected chi connectivity index (χ4v) is 3.63. The van der Waals surface area contributed by atoms with Crippen LogP contribution in [0.15, 0.2) is 36.7 Å². The molecule has 1 atom stereocenters. The van der Waals surface area contributed by atoms with E-state index in [1.165, 1.54) is 6.20 Å². The molecule has 2 aromatic rings. The van der Waals surface area contributed by atoms with Crippen LogP contribution in [0.3, 0.4) is 0 Å². The summed E-state index contributed by atoms with van der Waals surface area (Å²) in [6.45, 7) is 1.32. The van der Waals surface area contributed by atoms with Crippen LogP contribution in [0, 0.1) is 0 Å². The van der Waals surface area contributed by atoms with Crippen molar-refractivity contribution in [3.05, 3.63) is 47.2 Å². The van der Waals surface area contributed by atoms with Gasteiger partial charge in [-0.3, -0.25) is 9.40 Å². The molecular weight excluding hydrogens is 326 g/mol. The summed E-state index contributed by atoms with van der Waals surface area (Å²) in [6, 6.07) is 6.91. The highest BCUT2D eigenvalue weighted by Gasteiger charge is 2.19. The van der Waals surface area contributed by atoms with Gasteiger partial charge in [-0.1, -0.05) is 23.7 Å². The zero-order valence-electron chi connectivity index (χ0n) is 11.8. The maximum Gasteiger partial charge on any atom is 0.237 e. The van der Waals surface area contributed by atoms with Crippen LogP contribution in [0.1, 0.15) is 18.0 Å². The summed E-state index contributed by atoms with van der Waals surface area (Å²) in [4.78, 5) is 0. The lowest BCUT2D eigenvalue weighted by molar-refractivity contribution is 0.184. The van der Waals surface area contributed by atoms with Crippen LogP contribution in [0.25, 0.3) is 0 Å². The van der Waals surface area contributed by atoms with Gasteiger partial charge in [-0.15, -0.1) is 0 Å². The molecule has 1 aliphatic heterocycles. The molecular formula is C14H16ClN3O3S. The molecule has 2 heterocycles. The third-order valence-corrected chi connectivity index (χ3v) is 4.94. The largest absolute Gasteiger partial charge is 0.379 e. The van der Waals surface area contributed by atoms with E-state index in [9.17, 15) is 8.42 Å². The number of ether oxygens (including phenoxy) is 1. The summed E-state index contributed by atoms with van der Waals surface area (Å²) >= 11 is 5.79. The van der Waals surface area contributed by atoms with Crippen LogP contribution in [0.2, 0.25) is 5.02 Å². The van der Waals surface area contributed by atoms with Crippen LogP contribution in [-0.4, -0.2) is 31.4 Å². The van der Waals surface area contributed by atoms with Gasteiger partial charge in [0.05, 0.1) is 30.3 Å². The number of nitrogens with one attached hydrogen (secondary N) is 1. The molecule has 0 unspecified atom stereocenters. The van der Waals surface area contributed by atoms with Gasteiger partial charge >= 0.3 is 0 Å². The highest BCUT2D eigenvalue weighted by molar-refractivity contribution is 7.91. The molecule has 6 nitrogen and oxygen atoms in total. The van der Waals surface area contributed by atoms with E-state index in [1.807, 2.05) is 0 Å². The second-order valence-electron chi connectivity index (χ2n) is 5.21. The minimum Gasteiger partial charge on any atom is -0.379 e. The van der Waals surface area contributed by atoms with Gasteiger partial charge in [-0.25, -0.2) is 8.42 Å². The molecule has 1 aliphatic rings. The summed E-state index contributed by atoms with van der Waals surface area (Å²) in [6.07, 6.45) is 4.09. The number of anilines is 1. The fraction of sp³-hybridized carbons (Fsp3) is 0.357. The Balaban J connectivity index is 1.67. The lowest BCUT2D eigenvalue weighted by Crippen LogP contribution is -2.15. The number of halogens is 1. The Morgan fingerprint density at radius 1 is 1.36 bits per heavy atom. The van der Waals surface area contributed by atoms with Crippen molar-refractivity contribution in [1.82, 2.24) is 9.78 Å². The van der Waals surface area contributed by atoms with Gasteiger partial charge in [0.15, 0.2) is 0 Å². The molecule has 1 saturated heterocycles. The molecule has 8 heteroatoms. The summed E-state index contributed by atoms with van der Waals surface area (Å²) < 4.78 is 33.9. The first-order valence-corrected chi connectivity index (χ1v) is 8.92. The molecule has 0 aliphatic carbocycles. The van der Waals surface area contributed by atoms with Gasteiger partial charge in [0.1, 0.15) is 0 Å². The Kier molecular flexibility index (Phi) is 4.37. The van der Waals surface area contributed by atoms with E-state index in [0.717, 1.165) is 6.42 Å². The minimum atomic E-state index is -3.49. The van der Waals surface area contributed by atoms with Crippen molar-refractivity contribution >= 4 is 27.3 Å². The molecule has 1 aromatic carbocycles. The van der Waals surface area contributed by atoms with Crippen molar-refractivity contribution in [1.29, 1.82) is 0 Å². The van der Waals surface area contributed by atoms with E-state index in [2.05, 4.69) is 9.82 Å². The van der Waals surface area contributed by atoms with E-state index in [1.54, 1.807) is 35.1 Å². The Morgan fingerprint density at radius 3 is 2.82 bits per heavy atom. The quantitative estimate of drug-likeness (QED) is 0.906. The van der Waals surface area contributed by atoms with Crippen molar-refractivity contribution in [3.8, 4) is 0 Å². The average Bonchev–Trinajstić information content (AvgIpc) is 3.11. The van der Waals surface area contributed by atoms with Gasteiger partial charge in [0.2, 0.25) is 10.0 Å². The molecule has 22 heavy (non-hydrogen) atoms. The van der Waals surface area contributed by atoms with Crippen molar-refractivity contribution in [3.63, 3.8) is 0 Å². The average molecular weight is 342 g/mol. The predicted octanol–water partition coefficient (Wildman–Crippen LogP) is 2.44. The maximum atomic E-state index is 12.2. The third kappa shape index (κ3) is 3.79. The molecule has 3 rings (SSSR count). The molecule has 1 aromatic heterocycles. The third-order valence-electron chi connectivity index (χ3n) is 3.42. The lowest BCUT2D eigenvalue weighted by Gasteiger charge is -2.08. The van der Waals surface area contributed by atoms with Crippen molar-refractivity contribution in [2.75, 3.05) is 17.9 Å². The second kappa shape index (κ2) is 6.28. The molecule has 118 valence electrons. The van der Waals surface area contributed by atoms with E-state index in [0.29, 0.717) is 29.5 Å². The Bertz CT molecular complexity index is 737. The van der Waals surface area contributed by atoms with Crippen molar-refractivity contribution in [2.24, 2.45) is 0 Å². The fourth-order valence-electron chi connectivity index (χ4n) is 2.34. The van der Waals surface area contributed by atoms with Gasteiger partial charge in [-0.05, 0) is 24.1 Å². The Morgan fingerprint density at radius 2 is 2.14 bits per heavy atom. The summed E-state index contributed by atoms with van der Waals surface area (Å²) in [5.74, 6) is -0.109. The summed E-state index contributed by atoms with van der Waals surface area (Å²) in [7, 11) is -3.49. The first kappa shape index (κ1) is 15.3. The highest BCUT2D eigenvalue weighted by Crippen LogP contribution is 2.20. The van der Waals surface area contributed by atoms with Crippen LogP contribution in [0.4, 0.5) is 5.69 Å². The topological polar surface area (TPSA) is 73.2 Å². The second-order valence-corrected chi connectivity index (χ2v) is 7.37. The zero-order valence-corrected chi connectivity index (χ0v) is 13.3. The van der Waals surface area contributed by atoms with Crippen LogP contribution < -0.4 is 4.72 Å². The number of benzene rings is 1. The highest BCUT2D eigenvalue weighted by atomic mass is 35.5. The number of hydrogen-bond donors (Lipinski definition) is 1. The first-order chi connectivity index (χ1) is 10.5. The van der Waals surface area contributed by atoms with Gasteiger partial charge in [0.25, 0.3) is 0 Å². The standard InChI is InChI=1S/C14H16ClN3O3S/c15-12-3-1-11(2-4-12)10-22(19,20)17-13-7-16-18(8-13)14-5-6-21-9-14/h1-4,7-8,14,17H,5-6,9-10H2/t14-/m1/s1. The predicted molar refractivity (Wildman–Crippen MR) is 84.4 cm³/mol. The lowest BCUT2D eigenvalue weighted by atomic mass is 10.2. The monoisotopic (exact) mass is 341 g/mol. The van der Waals surface area contributed by atoms with Gasteiger partial charge in [-0.2, -0.15) is 5.10 Å². The SMILES string of the molecule is O=S(=O)(Cc1ccc(Cl)cc1)Nc1cnn([C@@H]2CCOC2)c1. The molecule has 1 fully saturated rings. The van der Waals surface area contributed by atoms with Crippen LogP contribution in [0.5, 0.6) is 0 Å². The molecule has 0 amide bonds. The van der Waals surface area contributed by atoms with Crippen molar-refractivity contribution < 1.29 is 13.2 Å². The van der Waals surface area contributed by atoms with E-state index >= 15 is 0 Å². The van der Waals surface area contributed by atoms with Gasteiger partial charge < -0.3 is 4.74 Å². The van der Waals surface area contributed by atoms with E-state index in [4.69, 9.17) is 16.3 Å². The molecule has 0 saturated carbocycles. The number of hydrogen-bond acceptors (Lipinski definition) is 4. The maximum absolute atomic E-state index is 12.2. The number of nitrogens with zero attached hydrogens (tertiary/aromatic N) is 2. The molecule has 0 spiro atoms. The van der Waals surface area contributed by atoms with E-state index in [-0.39, 0.29) is 11.8 Å². The minimum absolute atomic E-state index is 0.109. The summed E-state index contributed by atoms with van der Waals surface area (Å²) in [5.41, 5.74) is 1.13. The normalized spacial score (nSPS) is 18.5. The van der Waals surface area contributed by atoms with Crippen LogP contribution >= 0.6 is 11.6 Å². The Hall–Kier alpha value is -1.57. The first-order valence-electron chi connectivity index (χ1n) is 6.89. The molecule has 0 bridgehead atoms. The number of aromatic nitrogens is 2. The van der Waals surface area contributed by atoms with E-state index < -0.39 is 10.0 Å².